The quantitative estimate of drug-likeness (QED) is 0.336. The summed E-state index contributed by atoms with van der Waals surface area (Å²) in [7, 11) is 0. The van der Waals surface area contributed by atoms with E-state index in [4.69, 9.17) is 17.3 Å². The molecule has 0 fully saturated rings. The van der Waals surface area contributed by atoms with Crippen LogP contribution in [0.15, 0.2) is 61.1 Å². The number of halogens is 3. The molecule has 12 heteroatoms. The van der Waals surface area contributed by atoms with Gasteiger partial charge in [-0.1, -0.05) is 23.7 Å². The molecular formula is C23H20ClF2N9. The summed E-state index contributed by atoms with van der Waals surface area (Å²) in [6.45, 7) is -0.860. The van der Waals surface area contributed by atoms with Gasteiger partial charge in [-0.25, -0.2) is 9.67 Å². The van der Waals surface area contributed by atoms with Crippen LogP contribution in [-0.4, -0.2) is 34.1 Å². The van der Waals surface area contributed by atoms with Crippen molar-refractivity contribution in [2.45, 2.75) is 25.9 Å². The number of nitrogens with zero attached hydrogens (tertiary/aromatic N) is 7. The molecule has 1 atom stereocenters. The van der Waals surface area contributed by atoms with Gasteiger partial charge in [-0.15, -0.1) is 0 Å². The summed E-state index contributed by atoms with van der Waals surface area (Å²) < 4.78 is 28.8. The molecule has 0 bridgehead atoms. The fraction of sp³-hybridized carbons (Fsp3) is 0.174. The first-order valence-corrected chi connectivity index (χ1v) is 11.0. The Bertz CT molecular complexity index is 1500. The van der Waals surface area contributed by atoms with Gasteiger partial charge in [0, 0.05) is 23.0 Å². The lowest BCUT2D eigenvalue weighted by Gasteiger charge is -2.18. The number of aryl methyl sites for hydroxylation is 1. The SMILES string of the molecule is Cc1ncc2ccc(-c3nc(N)nc(NC(Cc4cccc(Cl)c4)c4ccn(C(F)F)n4)n3)cn12. The zero-order valence-electron chi connectivity index (χ0n) is 18.5. The van der Waals surface area contributed by atoms with E-state index in [1.54, 1.807) is 18.3 Å². The van der Waals surface area contributed by atoms with Crippen LogP contribution in [0.3, 0.4) is 0 Å². The third kappa shape index (κ3) is 4.90. The smallest absolute Gasteiger partial charge is 0.333 e. The number of imidazole rings is 1. The molecule has 0 saturated carbocycles. The highest BCUT2D eigenvalue weighted by Gasteiger charge is 2.20. The van der Waals surface area contributed by atoms with Gasteiger partial charge < -0.3 is 15.5 Å². The van der Waals surface area contributed by atoms with Crippen molar-refractivity contribution in [1.82, 2.24) is 34.1 Å². The molecule has 1 unspecified atom stereocenters. The topological polar surface area (TPSA) is 112 Å². The van der Waals surface area contributed by atoms with Gasteiger partial charge in [0.2, 0.25) is 11.9 Å². The van der Waals surface area contributed by atoms with E-state index < -0.39 is 12.6 Å². The summed E-state index contributed by atoms with van der Waals surface area (Å²) in [4.78, 5) is 17.3. The average molecular weight is 496 g/mol. The van der Waals surface area contributed by atoms with Gasteiger partial charge in [-0.05, 0) is 49.2 Å². The van der Waals surface area contributed by atoms with E-state index >= 15 is 0 Å². The highest BCUT2D eigenvalue weighted by atomic mass is 35.5. The molecule has 3 N–H and O–H groups in total. The molecule has 9 nitrogen and oxygen atoms in total. The number of nitrogens with one attached hydrogen (secondary N) is 1. The van der Waals surface area contributed by atoms with Gasteiger partial charge in [0.05, 0.1) is 23.4 Å². The maximum Gasteiger partial charge on any atom is 0.333 e. The fourth-order valence-electron chi connectivity index (χ4n) is 3.77. The van der Waals surface area contributed by atoms with Gasteiger partial charge >= 0.3 is 6.55 Å². The standard InChI is InChI=1S/C23H20ClF2N9/c1-13-28-11-17-6-5-15(12-34(13)17)20-30-22(27)32-23(31-20)29-19(10-14-3-2-4-16(24)9-14)18-7-8-35(33-18)21(25)26/h2-9,11-12,19,21H,10H2,1H3,(H3,27,29,30,31,32). The van der Waals surface area contributed by atoms with E-state index in [2.05, 4.69) is 30.4 Å². The van der Waals surface area contributed by atoms with Crippen molar-refractivity contribution in [2.24, 2.45) is 0 Å². The highest BCUT2D eigenvalue weighted by molar-refractivity contribution is 6.30. The molecule has 178 valence electrons. The van der Waals surface area contributed by atoms with Crippen LogP contribution in [0.4, 0.5) is 20.7 Å². The first kappa shape index (κ1) is 22.7. The Morgan fingerprint density at radius 1 is 1.11 bits per heavy atom. The summed E-state index contributed by atoms with van der Waals surface area (Å²) >= 11 is 6.14. The van der Waals surface area contributed by atoms with Gasteiger partial charge in [0.15, 0.2) is 5.82 Å². The lowest BCUT2D eigenvalue weighted by molar-refractivity contribution is 0.0561. The lowest BCUT2D eigenvalue weighted by atomic mass is 10.0. The van der Waals surface area contributed by atoms with E-state index in [9.17, 15) is 8.78 Å². The lowest BCUT2D eigenvalue weighted by Crippen LogP contribution is -2.18. The number of nitrogen functional groups attached to an aromatic ring is 1. The molecule has 0 saturated heterocycles. The molecular weight excluding hydrogens is 476 g/mol. The molecule has 0 radical (unpaired) electrons. The summed E-state index contributed by atoms with van der Waals surface area (Å²) in [5, 5.41) is 7.78. The molecule has 5 rings (SSSR count). The van der Waals surface area contributed by atoms with Crippen LogP contribution in [0.25, 0.3) is 16.9 Å². The maximum atomic E-state index is 13.2. The van der Waals surface area contributed by atoms with E-state index in [0.29, 0.717) is 33.2 Å². The number of nitrogens with two attached hydrogens (primary N) is 1. The summed E-state index contributed by atoms with van der Waals surface area (Å²) in [6.07, 6.45) is 5.25. The number of anilines is 2. The van der Waals surface area contributed by atoms with Crippen molar-refractivity contribution in [2.75, 3.05) is 11.1 Å². The number of hydrogen-bond donors (Lipinski definition) is 2. The minimum Gasteiger partial charge on any atom is -0.368 e. The van der Waals surface area contributed by atoms with E-state index in [0.717, 1.165) is 16.9 Å². The van der Waals surface area contributed by atoms with E-state index in [-0.39, 0.29) is 11.9 Å². The summed E-state index contributed by atoms with van der Waals surface area (Å²) in [5.74, 6) is 1.38. The Morgan fingerprint density at radius 2 is 1.97 bits per heavy atom. The average Bonchev–Trinajstić information content (AvgIpc) is 3.46. The molecule has 0 aliphatic heterocycles. The molecule has 0 amide bonds. The summed E-state index contributed by atoms with van der Waals surface area (Å²) in [6, 6.07) is 12.0. The Labute approximate surface area is 203 Å². The molecule has 5 aromatic rings. The predicted octanol–water partition coefficient (Wildman–Crippen LogP) is 4.72. The fourth-order valence-corrected chi connectivity index (χ4v) is 3.98. The minimum atomic E-state index is -2.75. The minimum absolute atomic E-state index is 0.0135. The van der Waals surface area contributed by atoms with Crippen molar-refractivity contribution < 1.29 is 8.78 Å². The van der Waals surface area contributed by atoms with Crippen LogP contribution in [-0.2, 0) is 6.42 Å². The normalized spacial score (nSPS) is 12.4. The Hall–Kier alpha value is -4.12. The largest absolute Gasteiger partial charge is 0.368 e. The highest BCUT2D eigenvalue weighted by Crippen LogP contribution is 2.25. The second kappa shape index (κ2) is 9.26. The number of pyridine rings is 1. The molecule has 35 heavy (non-hydrogen) atoms. The van der Waals surface area contributed by atoms with Crippen LogP contribution in [0, 0.1) is 6.92 Å². The number of hydrogen-bond acceptors (Lipinski definition) is 7. The van der Waals surface area contributed by atoms with Crippen LogP contribution in [0.2, 0.25) is 5.02 Å². The number of aromatic nitrogens is 7. The van der Waals surface area contributed by atoms with Gasteiger partial charge in [0.1, 0.15) is 5.82 Å². The van der Waals surface area contributed by atoms with Crippen molar-refractivity contribution in [3.8, 4) is 11.4 Å². The number of alkyl halides is 2. The molecule has 4 aromatic heterocycles. The first-order valence-electron chi connectivity index (χ1n) is 10.7. The predicted molar refractivity (Wildman–Crippen MR) is 128 cm³/mol. The Balaban J connectivity index is 1.50. The monoisotopic (exact) mass is 495 g/mol. The molecule has 0 spiro atoms. The number of benzene rings is 1. The van der Waals surface area contributed by atoms with Gasteiger partial charge in [0.25, 0.3) is 0 Å². The van der Waals surface area contributed by atoms with Crippen LogP contribution < -0.4 is 11.1 Å². The van der Waals surface area contributed by atoms with E-state index in [1.807, 2.05) is 41.8 Å². The maximum absolute atomic E-state index is 13.2. The molecule has 4 heterocycles. The molecule has 0 aliphatic carbocycles. The van der Waals surface area contributed by atoms with Crippen molar-refractivity contribution >= 4 is 29.0 Å². The van der Waals surface area contributed by atoms with Gasteiger partial charge in [-0.3, -0.25) is 0 Å². The van der Waals surface area contributed by atoms with Crippen LogP contribution >= 0.6 is 11.6 Å². The Morgan fingerprint density at radius 3 is 2.74 bits per heavy atom. The Kier molecular flexibility index (Phi) is 6.00. The number of rotatable bonds is 7. The zero-order valence-corrected chi connectivity index (χ0v) is 19.2. The second-order valence-corrected chi connectivity index (χ2v) is 8.32. The first-order chi connectivity index (χ1) is 16.9. The third-order valence-corrected chi connectivity index (χ3v) is 5.68. The van der Waals surface area contributed by atoms with Crippen molar-refractivity contribution in [3.63, 3.8) is 0 Å². The summed E-state index contributed by atoms with van der Waals surface area (Å²) in [5.41, 5.74) is 8.91. The number of fused-ring (bicyclic) bond motifs is 1. The van der Waals surface area contributed by atoms with Gasteiger partial charge in [-0.2, -0.15) is 28.8 Å². The second-order valence-electron chi connectivity index (χ2n) is 7.89. The zero-order chi connectivity index (χ0) is 24.5. The van der Waals surface area contributed by atoms with E-state index in [1.165, 1.54) is 12.3 Å². The molecule has 1 aromatic carbocycles. The van der Waals surface area contributed by atoms with Crippen molar-refractivity contribution in [1.29, 1.82) is 0 Å². The van der Waals surface area contributed by atoms with Crippen LogP contribution in [0.5, 0.6) is 0 Å². The van der Waals surface area contributed by atoms with Crippen LogP contribution in [0.1, 0.15) is 29.7 Å². The third-order valence-electron chi connectivity index (χ3n) is 5.44. The molecule has 0 aliphatic rings. The van der Waals surface area contributed by atoms with Crippen molar-refractivity contribution in [3.05, 3.63) is 83.2 Å².